The van der Waals surface area contributed by atoms with Crippen molar-refractivity contribution in [2.24, 2.45) is 0 Å². The van der Waals surface area contributed by atoms with E-state index in [1.54, 1.807) is 14.2 Å². The van der Waals surface area contributed by atoms with E-state index < -0.39 is 7.32 Å². The Balaban J connectivity index is 3.07. The van der Waals surface area contributed by atoms with Crippen LogP contribution in [0.15, 0.2) is 0 Å². The summed E-state index contributed by atoms with van der Waals surface area (Å²) in [6.45, 7) is 1.92. The zero-order chi connectivity index (χ0) is 10.6. The molecule has 0 heterocycles. The van der Waals surface area contributed by atoms with Gasteiger partial charge in [-0.25, -0.2) is 5.02 Å². The topological polar surface area (TPSA) is 56.8 Å². The van der Waals surface area contributed by atoms with Crippen LogP contribution in [-0.4, -0.2) is 48.0 Å². The third-order valence-corrected chi connectivity index (χ3v) is 1.49. The van der Waals surface area contributed by atoms with Gasteiger partial charge in [0.2, 0.25) is 0 Å². The van der Waals surface area contributed by atoms with Gasteiger partial charge < -0.3 is 18.8 Å². The molecule has 5 nitrogen and oxygen atoms in total. The van der Waals surface area contributed by atoms with Crippen LogP contribution in [0.1, 0.15) is 12.8 Å². The monoisotopic (exact) mass is 205 g/mol. The van der Waals surface area contributed by atoms with Crippen molar-refractivity contribution in [1.82, 2.24) is 0 Å². The highest BCUT2D eigenvalue weighted by Gasteiger charge is 2.16. The van der Waals surface area contributed by atoms with Crippen LogP contribution < -0.4 is 0 Å². The fourth-order valence-corrected chi connectivity index (χ4v) is 0.814. The van der Waals surface area contributed by atoms with Crippen molar-refractivity contribution in [2.45, 2.75) is 12.8 Å². The van der Waals surface area contributed by atoms with Crippen molar-refractivity contribution in [2.75, 3.05) is 40.6 Å². The Labute approximate surface area is 85.5 Å². The number of rotatable bonds is 10. The lowest BCUT2D eigenvalue weighted by atomic mass is 10.2. The summed E-state index contributed by atoms with van der Waals surface area (Å²) in [6, 6.07) is 0. The molecule has 0 aromatic rings. The van der Waals surface area contributed by atoms with E-state index in [0.29, 0.717) is 39.3 Å². The van der Waals surface area contributed by atoms with E-state index >= 15 is 0 Å². The Hall–Kier alpha value is -0.135. The number of methoxy groups -OCH3 is 2. The Morgan fingerprint density at radius 2 is 1.29 bits per heavy atom. The van der Waals surface area contributed by atoms with Gasteiger partial charge in [0.15, 0.2) is 0 Å². The molecular formula is C8H18BO5. The molecule has 14 heavy (non-hydrogen) atoms. The van der Waals surface area contributed by atoms with Crippen LogP contribution in [0.25, 0.3) is 0 Å². The van der Waals surface area contributed by atoms with Gasteiger partial charge in [-0.2, -0.15) is 0 Å². The molecule has 0 aromatic heterocycles. The predicted molar refractivity (Wildman–Crippen MR) is 51.3 cm³/mol. The lowest BCUT2D eigenvalue weighted by Gasteiger charge is -2.06. The molecule has 0 atom stereocenters. The molecular weight excluding hydrogens is 187 g/mol. The summed E-state index contributed by atoms with van der Waals surface area (Å²) in [7, 11) is 1.83. The van der Waals surface area contributed by atoms with Crippen LogP contribution in [0.4, 0.5) is 0 Å². The Bertz CT molecular complexity index is 102. The van der Waals surface area contributed by atoms with E-state index in [0.717, 1.165) is 0 Å². The highest BCUT2D eigenvalue weighted by molar-refractivity contribution is 6.34. The van der Waals surface area contributed by atoms with Gasteiger partial charge >= 0.3 is 7.32 Å². The molecule has 0 aliphatic carbocycles. The van der Waals surface area contributed by atoms with Crippen molar-refractivity contribution < 1.29 is 23.8 Å². The van der Waals surface area contributed by atoms with Crippen LogP contribution in [0.5, 0.6) is 0 Å². The molecule has 0 aliphatic heterocycles. The molecule has 0 fully saturated rings. The van der Waals surface area contributed by atoms with Crippen LogP contribution in [-0.2, 0) is 23.8 Å². The van der Waals surface area contributed by atoms with Gasteiger partial charge in [-0.05, 0) is 12.8 Å². The largest absolute Gasteiger partial charge is 0.666 e. The SMILES string of the molecule is COCCCOB([O])OCCCOC. The molecule has 6 heteroatoms. The Morgan fingerprint density at radius 1 is 0.857 bits per heavy atom. The summed E-state index contributed by atoms with van der Waals surface area (Å²) >= 11 is 0. The smallest absolute Gasteiger partial charge is 0.385 e. The van der Waals surface area contributed by atoms with Gasteiger partial charge in [-0.3, -0.25) is 0 Å². The second kappa shape index (κ2) is 10.9. The lowest BCUT2D eigenvalue weighted by molar-refractivity contribution is 0.0861. The fraction of sp³-hybridized carbons (Fsp3) is 1.00. The summed E-state index contributed by atoms with van der Waals surface area (Å²) in [5, 5.41) is 10.9. The zero-order valence-electron chi connectivity index (χ0n) is 8.86. The van der Waals surface area contributed by atoms with Crippen LogP contribution in [0, 0.1) is 0 Å². The predicted octanol–water partition coefficient (Wildman–Crippen LogP) is 0.508. The van der Waals surface area contributed by atoms with E-state index in [2.05, 4.69) is 0 Å². The molecule has 1 radical (unpaired) electrons. The standard InChI is InChI=1S/C8H18BO5/c1-11-5-3-7-13-9(10)14-8-4-6-12-2/h3-8H2,1-2H3. The third-order valence-electron chi connectivity index (χ3n) is 1.49. The molecule has 0 aliphatic rings. The molecule has 0 aromatic carbocycles. The van der Waals surface area contributed by atoms with Crippen molar-refractivity contribution in [3.8, 4) is 0 Å². The second-order valence-electron chi connectivity index (χ2n) is 2.72. The Kier molecular flexibility index (Phi) is 10.8. The summed E-state index contributed by atoms with van der Waals surface area (Å²) in [4.78, 5) is 0. The Morgan fingerprint density at radius 3 is 1.64 bits per heavy atom. The average molecular weight is 205 g/mol. The molecule has 0 bridgehead atoms. The molecule has 0 spiro atoms. The number of hydrogen-bond donors (Lipinski definition) is 0. The summed E-state index contributed by atoms with van der Waals surface area (Å²) < 4.78 is 19.2. The maximum Gasteiger partial charge on any atom is 0.666 e. The van der Waals surface area contributed by atoms with Gasteiger partial charge in [0.05, 0.1) is 0 Å². The molecule has 0 N–H and O–H groups in total. The van der Waals surface area contributed by atoms with Gasteiger partial charge in [0.25, 0.3) is 0 Å². The minimum Gasteiger partial charge on any atom is -0.385 e. The summed E-state index contributed by atoms with van der Waals surface area (Å²) in [6.07, 6.45) is 1.41. The summed E-state index contributed by atoms with van der Waals surface area (Å²) in [5.41, 5.74) is 0. The molecule has 0 saturated heterocycles. The first-order chi connectivity index (χ1) is 6.81. The third kappa shape index (κ3) is 9.95. The second-order valence-corrected chi connectivity index (χ2v) is 2.72. The van der Waals surface area contributed by atoms with Gasteiger partial charge in [-0.15, -0.1) is 0 Å². The van der Waals surface area contributed by atoms with E-state index in [4.69, 9.17) is 18.8 Å². The maximum atomic E-state index is 10.9. The van der Waals surface area contributed by atoms with E-state index in [1.807, 2.05) is 0 Å². The van der Waals surface area contributed by atoms with Crippen LogP contribution in [0.2, 0.25) is 0 Å². The molecule has 0 amide bonds. The van der Waals surface area contributed by atoms with E-state index in [9.17, 15) is 5.02 Å². The molecule has 0 rings (SSSR count). The quantitative estimate of drug-likeness (QED) is 0.385. The highest BCUT2D eigenvalue weighted by atomic mass is 16.7. The van der Waals surface area contributed by atoms with Gasteiger partial charge in [-0.1, -0.05) is 0 Å². The van der Waals surface area contributed by atoms with E-state index in [1.165, 1.54) is 0 Å². The van der Waals surface area contributed by atoms with Crippen LogP contribution >= 0.6 is 0 Å². The highest BCUT2D eigenvalue weighted by Crippen LogP contribution is 1.91. The average Bonchev–Trinajstić information content (AvgIpc) is 2.19. The van der Waals surface area contributed by atoms with Gasteiger partial charge in [0, 0.05) is 40.6 Å². The van der Waals surface area contributed by atoms with Crippen molar-refractivity contribution in [1.29, 1.82) is 0 Å². The lowest BCUT2D eigenvalue weighted by Crippen LogP contribution is -2.23. The first-order valence-corrected chi connectivity index (χ1v) is 4.68. The van der Waals surface area contributed by atoms with Crippen LogP contribution in [0.3, 0.4) is 0 Å². The first kappa shape index (κ1) is 13.9. The number of ether oxygens (including phenoxy) is 2. The van der Waals surface area contributed by atoms with Crippen molar-refractivity contribution in [3.05, 3.63) is 0 Å². The van der Waals surface area contributed by atoms with Gasteiger partial charge in [0.1, 0.15) is 0 Å². The number of hydrogen-bond acceptors (Lipinski definition) is 4. The first-order valence-electron chi connectivity index (χ1n) is 4.68. The summed E-state index contributed by atoms with van der Waals surface area (Å²) in [5.74, 6) is 0. The van der Waals surface area contributed by atoms with Crippen molar-refractivity contribution in [3.63, 3.8) is 0 Å². The minimum atomic E-state index is -1.39. The fourth-order valence-electron chi connectivity index (χ4n) is 0.814. The van der Waals surface area contributed by atoms with Crippen molar-refractivity contribution >= 4 is 7.32 Å². The molecule has 0 unspecified atom stereocenters. The van der Waals surface area contributed by atoms with E-state index in [-0.39, 0.29) is 0 Å². The molecule has 83 valence electrons. The maximum absolute atomic E-state index is 10.9. The zero-order valence-corrected chi connectivity index (χ0v) is 8.86. The minimum absolute atomic E-state index is 0.367. The normalized spacial score (nSPS) is 10.5. The molecule has 0 saturated carbocycles.